The van der Waals surface area contributed by atoms with Gasteiger partial charge in [-0.1, -0.05) is 23.8 Å². The molecule has 1 aromatic rings. The Hall–Kier alpha value is -1.20. The van der Waals surface area contributed by atoms with Crippen molar-refractivity contribution in [3.8, 4) is 0 Å². The third-order valence-corrected chi connectivity index (χ3v) is 6.08. The van der Waals surface area contributed by atoms with Gasteiger partial charge in [-0.2, -0.15) is 11.8 Å². The van der Waals surface area contributed by atoms with Crippen molar-refractivity contribution in [2.45, 2.75) is 44.9 Å². The molecule has 1 aliphatic heterocycles. The molecule has 1 heterocycles. The summed E-state index contributed by atoms with van der Waals surface area (Å²) >= 11 is 1.95. The number of ether oxygens (including phenoxy) is 1. The third-order valence-electron chi connectivity index (χ3n) is 4.66. The van der Waals surface area contributed by atoms with Crippen LogP contribution in [0.4, 0.5) is 0 Å². The molecule has 1 saturated heterocycles. The second kappa shape index (κ2) is 9.33. The molecule has 0 aliphatic carbocycles. The molecule has 1 aromatic carbocycles. The van der Waals surface area contributed by atoms with Crippen LogP contribution in [-0.4, -0.2) is 43.3 Å². The number of rotatable bonds is 6. The van der Waals surface area contributed by atoms with Gasteiger partial charge in [-0.25, -0.2) is 4.99 Å². The highest BCUT2D eigenvalue weighted by Gasteiger charge is 2.31. The van der Waals surface area contributed by atoms with Gasteiger partial charge in [0.05, 0.1) is 6.54 Å². The van der Waals surface area contributed by atoms with Gasteiger partial charge >= 0.3 is 0 Å². The second-order valence-corrected chi connectivity index (χ2v) is 7.75. The third kappa shape index (κ3) is 5.42. The van der Waals surface area contributed by atoms with Gasteiger partial charge in [-0.05, 0) is 51.0 Å². The van der Waals surface area contributed by atoms with Crippen LogP contribution in [0.5, 0.6) is 0 Å². The molecule has 0 saturated carbocycles. The van der Waals surface area contributed by atoms with Gasteiger partial charge in [0.15, 0.2) is 5.96 Å². The van der Waals surface area contributed by atoms with Crippen LogP contribution in [-0.2, 0) is 11.3 Å². The summed E-state index contributed by atoms with van der Waals surface area (Å²) in [6.45, 7) is 10.6. The predicted molar refractivity (Wildman–Crippen MR) is 105 cm³/mol. The first-order valence-electron chi connectivity index (χ1n) is 8.80. The van der Waals surface area contributed by atoms with Crippen molar-refractivity contribution in [1.82, 2.24) is 10.6 Å². The molecule has 4 nitrogen and oxygen atoms in total. The summed E-state index contributed by atoms with van der Waals surface area (Å²) in [5, 5.41) is 6.91. The predicted octanol–water partition coefficient (Wildman–Crippen LogP) is 3.27. The summed E-state index contributed by atoms with van der Waals surface area (Å²) in [6.07, 6.45) is 4.39. The average Bonchev–Trinajstić information content (AvgIpc) is 2.59. The van der Waals surface area contributed by atoms with Gasteiger partial charge in [0.25, 0.3) is 0 Å². The molecule has 0 aromatic heterocycles. The van der Waals surface area contributed by atoms with E-state index < -0.39 is 0 Å². The standard InChI is InChI=1S/C19H31N3OS/c1-5-20-18(21-13-17-7-6-15(2)12-16(17)3)22-14-19(24-4)8-10-23-11-9-19/h6-7,12H,5,8-11,13-14H2,1-4H3,(H2,20,21,22). The molecule has 5 heteroatoms. The molecule has 1 fully saturated rings. The van der Waals surface area contributed by atoms with Crippen molar-refractivity contribution in [3.05, 3.63) is 34.9 Å². The van der Waals surface area contributed by atoms with E-state index in [2.05, 4.69) is 55.9 Å². The number of guanidine groups is 1. The highest BCUT2D eigenvalue weighted by atomic mass is 32.2. The van der Waals surface area contributed by atoms with Gasteiger partial charge in [-0.15, -0.1) is 0 Å². The molecular formula is C19H31N3OS. The van der Waals surface area contributed by atoms with Crippen LogP contribution in [0.25, 0.3) is 0 Å². The lowest BCUT2D eigenvalue weighted by molar-refractivity contribution is 0.0783. The smallest absolute Gasteiger partial charge is 0.191 e. The SMILES string of the molecule is CCNC(=NCc1ccc(C)cc1C)NCC1(SC)CCOCC1. The van der Waals surface area contributed by atoms with E-state index in [1.54, 1.807) is 0 Å². The highest BCUT2D eigenvalue weighted by molar-refractivity contribution is 8.00. The minimum Gasteiger partial charge on any atom is -0.381 e. The monoisotopic (exact) mass is 349 g/mol. The lowest BCUT2D eigenvalue weighted by Gasteiger charge is -2.36. The zero-order valence-corrected chi connectivity index (χ0v) is 16.3. The Morgan fingerprint density at radius 2 is 2.00 bits per heavy atom. The minimum absolute atomic E-state index is 0.258. The number of nitrogens with one attached hydrogen (secondary N) is 2. The lowest BCUT2D eigenvalue weighted by Crippen LogP contribution is -2.47. The van der Waals surface area contributed by atoms with E-state index in [4.69, 9.17) is 9.73 Å². The Labute approximate surface area is 150 Å². The van der Waals surface area contributed by atoms with E-state index >= 15 is 0 Å². The van der Waals surface area contributed by atoms with Crippen LogP contribution in [0.15, 0.2) is 23.2 Å². The molecule has 0 spiro atoms. The van der Waals surface area contributed by atoms with Crippen LogP contribution >= 0.6 is 11.8 Å². The summed E-state index contributed by atoms with van der Waals surface area (Å²) in [7, 11) is 0. The van der Waals surface area contributed by atoms with Gasteiger partial charge in [0.2, 0.25) is 0 Å². The highest BCUT2D eigenvalue weighted by Crippen LogP contribution is 2.32. The van der Waals surface area contributed by atoms with Crippen molar-refractivity contribution in [2.24, 2.45) is 4.99 Å². The minimum atomic E-state index is 0.258. The number of hydrogen-bond donors (Lipinski definition) is 2. The first-order valence-corrected chi connectivity index (χ1v) is 10.0. The number of hydrogen-bond acceptors (Lipinski definition) is 3. The summed E-state index contributed by atoms with van der Waals surface area (Å²) in [5.41, 5.74) is 3.88. The van der Waals surface area contributed by atoms with E-state index in [9.17, 15) is 0 Å². The number of aryl methyl sites for hydroxylation is 2. The number of thioether (sulfide) groups is 1. The van der Waals surface area contributed by atoms with E-state index in [0.29, 0.717) is 6.54 Å². The van der Waals surface area contributed by atoms with Crippen molar-refractivity contribution in [2.75, 3.05) is 32.6 Å². The van der Waals surface area contributed by atoms with Crippen LogP contribution in [0.3, 0.4) is 0 Å². The normalized spacial score (nSPS) is 17.6. The van der Waals surface area contributed by atoms with E-state index in [0.717, 1.165) is 45.1 Å². The molecule has 0 atom stereocenters. The van der Waals surface area contributed by atoms with Crippen LogP contribution in [0.2, 0.25) is 0 Å². The zero-order valence-electron chi connectivity index (χ0n) is 15.4. The van der Waals surface area contributed by atoms with Gasteiger partial charge in [0.1, 0.15) is 0 Å². The Morgan fingerprint density at radius 1 is 1.25 bits per heavy atom. The summed E-state index contributed by atoms with van der Waals surface area (Å²) in [5.74, 6) is 0.900. The van der Waals surface area contributed by atoms with Crippen molar-refractivity contribution in [1.29, 1.82) is 0 Å². The topological polar surface area (TPSA) is 45.7 Å². The fraction of sp³-hybridized carbons (Fsp3) is 0.632. The van der Waals surface area contributed by atoms with E-state index in [-0.39, 0.29) is 4.75 Å². The maximum Gasteiger partial charge on any atom is 0.191 e. The molecule has 0 amide bonds. The molecule has 24 heavy (non-hydrogen) atoms. The lowest BCUT2D eigenvalue weighted by atomic mass is 9.99. The molecule has 2 rings (SSSR count). The quantitative estimate of drug-likeness (QED) is 0.611. The molecule has 0 bridgehead atoms. The molecular weight excluding hydrogens is 318 g/mol. The maximum absolute atomic E-state index is 5.52. The fourth-order valence-corrected chi connectivity index (χ4v) is 3.76. The summed E-state index contributed by atoms with van der Waals surface area (Å²) < 4.78 is 5.78. The van der Waals surface area contributed by atoms with Gasteiger partial charge in [0, 0.05) is 31.1 Å². The summed E-state index contributed by atoms with van der Waals surface area (Å²) in [6, 6.07) is 6.55. The number of nitrogens with zero attached hydrogens (tertiary/aromatic N) is 1. The molecule has 134 valence electrons. The van der Waals surface area contributed by atoms with Gasteiger partial charge in [-0.3, -0.25) is 0 Å². The van der Waals surface area contributed by atoms with E-state index in [1.165, 1.54) is 16.7 Å². The van der Waals surface area contributed by atoms with Crippen LogP contribution in [0.1, 0.15) is 36.5 Å². The van der Waals surface area contributed by atoms with Crippen molar-refractivity contribution in [3.63, 3.8) is 0 Å². The largest absolute Gasteiger partial charge is 0.381 e. The molecule has 1 aliphatic rings. The fourth-order valence-electron chi connectivity index (χ4n) is 2.97. The molecule has 0 radical (unpaired) electrons. The van der Waals surface area contributed by atoms with Crippen LogP contribution in [0, 0.1) is 13.8 Å². The Morgan fingerprint density at radius 3 is 2.62 bits per heavy atom. The van der Waals surface area contributed by atoms with Crippen molar-refractivity contribution >= 4 is 17.7 Å². The number of aliphatic imine (C=N–C) groups is 1. The molecule has 2 N–H and O–H groups in total. The van der Waals surface area contributed by atoms with Gasteiger partial charge < -0.3 is 15.4 Å². The Kier molecular flexibility index (Phi) is 7.43. The Balaban J connectivity index is 1.99. The molecule has 0 unspecified atom stereocenters. The average molecular weight is 350 g/mol. The van der Waals surface area contributed by atoms with Crippen molar-refractivity contribution < 1.29 is 4.74 Å². The number of benzene rings is 1. The first kappa shape index (κ1) is 19.1. The maximum atomic E-state index is 5.52. The Bertz CT molecular complexity index is 554. The van der Waals surface area contributed by atoms with Crippen LogP contribution < -0.4 is 10.6 Å². The van der Waals surface area contributed by atoms with E-state index in [1.807, 2.05) is 11.8 Å². The second-order valence-electron chi connectivity index (χ2n) is 6.48. The zero-order chi connectivity index (χ0) is 17.4. The summed E-state index contributed by atoms with van der Waals surface area (Å²) in [4.78, 5) is 4.78. The first-order chi connectivity index (χ1) is 11.6.